The summed E-state index contributed by atoms with van der Waals surface area (Å²) in [7, 11) is 0. The van der Waals surface area contributed by atoms with E-state index in [0.717, 1.165) is 77.6 Å². The van der Waals surface area contributed by atoms with E-state index in [1.54, 1.807) is 0 Å². The minimum absolute atomic E-state index is 0.592. The third-order valence-corrected chi connectivity index (χ3v) is 10.6. The molecule has 56 heavy (non-hydrogen) atoms. The molecule has 262 valence electrons. The van der Waals surface area contributed by atoms with Crippen LogP contribution in [0.4, 0.5) is 0 Å². The van der Waals surface area contributed by atoms with Crippen LogP contribution in [-0.4, -0.2) is 19.5 Å². The average Bonchev–Trinajstić information content (AvgIpc) is 3.82. The van der Waals surface area contributed by atoms with E-state index in [1.807, 2.05) is 54.6 Å². The summed E-state index contributed by atoms with van der Waals surface area (Å²) in [5.41, 5.74) is 12.1. The van der Waals surface area contributed by atoms with Crippen LogP contribution in [0.1, 0.15) is 0 Å². The van der Waals surface area contributed by atoms with Gasteiger partial charge in [0.2, 0.25) is 0 Å². The smallest absolute Gasteiger partial charge is 0.164 e. The lowest BCUT2D eigenvalue weighted by atomic mass is 9.95. The normalized spacial score (nSPS) is 11.6. The van der Waals surface area contributed by atoms with Crippen molar-refractivity contribution in [3.8, 4) is 62.1 Å². The minimum atomic E-state index is 0.592. The fraction of sp³-hybridized carbons (Fsp3) is 0. The molecule has 0 radical (unpaired) electrons. The van der Waals surface area contributed by atoms with Gasteiger partial charge in [-0.2, -0.15) is 0 Å². The molecular formula is C51H32N4O. The predicted molar refractivity (Wildman–Crippen MR) is 229 cm³/mol. The van der Waals surface area contributed by atoms with E-state index in [9.17, 15) is 0 Å². The largest absolute Gasteiger partial charge is 0.455 e. The van der Waals surface area contributed by atoms with Crippen molar-refractivity contribution in [1.82, 2.24) is 19.5 Å². The third-order valence-electron chi connectivity index (χ3n) is 10.6. The molecule has 0 unspecified atom stereocenters. The van der Waals surface area contributed by atoms with E-state index in [-0.39, 0.29) is 0 Å². The highest BCUT2D eigenvalue weighted by molar-refractivity contribution is 6.12. The van der Waals surface area contributed by atoms with Crippen molar-refractivity contribution in [2.45, 2.75) is 0 Å². The Hall–Kier alpha value is -7.63. The molecule has 11 aromatic rings. The highest BCUT2D eigenvalue weighted by Gasteiger charge is 2.19. The molecular weight excluding hydrogens is 685 g/mol. The number of hydrogen-bond acceptors (Lipinski definition) is 4. The summed E-state index contributed by atoms with van der Waals surface area (Å²) in [6, 6.07) is 67.4. The molecule has 0 bridgehead atoms. The van der Waals surface area contributed by atoms with Crippen LogP contribution in [0.5, 0.6) is 0 Å². The van der Waals surface area contributed by atoms with Crippen molar-refractivity contribution < 1.29 is 4.42 Å². The number of aromatic nitrogens is 4. The fourth-order valence-corrected chi connectivity index (χ4v) is 7.98. The van der Waals surface area contributed by atoms with Gasteiger partial charge in [0.1, 0.15) is 11.2 Å². The molecule has 5 nitrogen and oxygen atoms in total. The van der Waals surface area contributed by atoms with Gasteiger partial charge in [-0.05, 0) is 71.3 Å². The molecule has 8 aromatic carbocycles. The van der Waals surface area contributed by atoms with Gasteiger partial charge in [-0.15, -0.1) is 0 Å². The number of rotatable bonds is 6. The van der Waals surface area contributed by atoms with Crippen molar-refractivity contribution in [3.63, 3.8) is 0 Å². The summed E-state index contributed by atoms with van der Waals surface area (Å²) in [6.45, 7) is 0. The van der Waals surface area contributed by atoms with Crippen LogP contribution < -0.4 is 0 Å². The molecule has 0 aliphatic heterocycles. The molecule has 5 heteroatoms. The standard InChI is InChI=1S/C51H32N4O/c1-4-15-33(16-5-1)38-31-42(34-17-6-2-7-18-34)48-44(32-38)43-30-37(27-28-47(43)56-48)51-53-49(35-19-8-3-9-20-35)52-50(54-51)36-21-14-22-39(29-36)55-45-25-12-10-23-40(45)41-24-11-13-26-46(41)55/h1-32H. The SMILES string of the molecule is c1ccc(-c2cc(-c3ccccc3)c3oc4ccc(-c5nc(-c6ccccc6)nc(-c6cccc(-n7c8ccccc8c8ccccc87)c6)n5)cc4c3c2)cc1. The number of fused-ring (bicyclic) bond motifs is 6. The Morgan fingerprint density at radius 3 is 1.52 bits per heavy atom. The average molecular weight is 717 g/mol. The lowest BCUT2D eigenvalue weighted by Crippen LogP contribution is -2.01. The Kier molecular flexibility index (Phi) is 7.42. The summed E-state index contributed by atoms with van der Waals surface area (Å²) in [5.74, 6) is 1.81. The Balaban J connectivity index is 1.10. The van der Waals surface area contributed by atoms with Crippen molar-refractivity contribution >= 4 is 43.7 Å². The molecule has 0 atom stereocenters. The molecule has 11 rings (SSSR count). The summed E-state index contributed by atoms with van der Waals surface area (Å²) in [4.78, 5) is 15.4. The highest BCUT2D eigenvalue weighted by atomic mass is 16.3. The lowest BCUT2D eigenvalue weighted by Gasteiger charge is -2.11. The maximum Gasteiger partial charge on any atom is 0.164 e. The quantitative estimate of drug-likeness (QED) is 0.172. The van der Waals surface area contributed by atoms with Crippen molar-refractivity contribution in [3.05, 3.63) is 194 Å². The first-order valence-corrected chi connectivity index (χ1v) is 18.8. The van der Waals surface area contributed by atoms with Gasteiger partial charge in [-0.1, -0.05) is 140 Å². The highest BCUT2D eigenvalue weighted by Crippen LogP contribution is 2.41. The second-order valence-corrected chi connectivity index (χ2v) is 14.0. The van der Waals surface area contributed by atoms with Crippen LogP contribution in [0.15, 0.2) is 199 Å². The summed E-state index contributed by atoms with van der Waals surface area (Å²) < 4.78 is 8.98. The molecule has 3 heterocycles. The van der Waals surface area contributed by atoms with Crippen LogP contribution in [-0.2, 0) is 0 Å². The molecule has 0 spiro atoms. The van der Waals surface area contributed by atoms with E-state index < -0.39 is 0 Å². The first-order chi connectivity index (χ1) is 27.7. The molecule has 0 aliphatic rings. The Morgan fingerprint density at radius 1 is 0.339 bits per heavy atom. The van der Waals surface area contributed by atoms with Gasteiger partial charge in [-0.25, -0.2) is 15.0 Å². The molecule has 0 N–H and O–H groups in total. The monoisotopic (exact) mass is 716 g/mol. The van der Waals surface area contributed by atoms with Crippen LogP contribution in [0.25, 0.3) is 106 Å². The van der Waals surface area contributed by atoms with Gasteiger partial charge in [0, 0.05) is 49.5 Å². The number of benzene rings is 8. The van der Waals surface area contributed by atoms with Crippen LogP contribution in [0, 0.1) is 0 Å². The van der Waals surface area contributed by atoms with E-state index in [4.69, 9.17) is 19.4 Å². The zero-order valence-electron chi connectivity index (χ0n) is 30.2. The van der Waals surface area contributed by atoms with E-state index >= 15 is 0 Å². The Morgan fingerprint density at radius 2 is 0.857 bits per heavy atom. The van der Waals surface area contributed by atoms with Crippen molar-refractivity contribution in [1.29, 1.82) is 0 Å². The molecule has 0 saturated carbocycles. The number of nitrogens with zero attached hydrogens (tertiary/aromatic N) is 4. The van der Waals surface area contributed by atoms with E-state index in [2.05, 4.69) is 144 Å². The van der Waals surface area contributed by atoms with E-state index in [1.165, 1.54) is 10.8 Å². The number of hydrogen-bond donors (Lipinski definition) is 0. The summed E-state index contributed by atoms with van der Waals surface area (Å²) in [6.07, 6.45) is 0. The predicted octanol–water partition coefficient (Wildman–Crippen LogP) is 13.2. The van der Waals surface area contributed by atoms with Crippen LogP contribution in [0.3, 0.4) is 0 Å². The maximum atomic E-state index is 6.66. The van der Waals surface area contributed by atoms with Crippen LogP contribution in [0.2, 0.25) is 0 Å². The molecule has 0 aliphatic carbocycles. The van der Waals surface area contributed by atoms with Gasteiger partial charge in [0.05, 0.1) is 11.0 Å². The molecule has 3 aromatic heterocycles. The van der Waals surface area contributed by atoms with Crippen LogP contribution >= 0.6 is 0 Å². The third kappa shape index (κ3) is 5.37. The maximum absolute atomic E-state index is 6.66. The number of furan rings is 1. The van der Waals surface area contributed by atoms with Gasteiger partial charge in [-0.3, -0.25) is 0 Å². The first-order valence-electron chi connectivity index (χ1n) is 18.8. The fourth-order valence-electron chi connectivity index (χ4n) is 7.98. The van der Waals surface area contributed by atoms with Gasteiger partial charge in [0.15, 0.2) is 17.5 Å². The minimum Gasteiger partial charge on any atom is -0.455 e. The van der Waals surface area contributed by atoms with Gasteiger partial charge >= 0.3 is 0 Å². The topological polar surface area (TPSA) is 56.7 Å². The van der Waals surface area contributed by atoms with Crippen molar-refractivity contribution in [2.24, 2.45) is 0 Å². The van der Waals surface area contributed by atoms with Gasteiger partial charge in [0.25, 0.3) is 0 Å². The molecule has 0 saturated heterocycles. The zero-order valence-corrected chi connectivity index (χ0v) is 30.2. The Labute approximate surface area is 322 Å². The summed E-state index contributed by atoms with van der Waals surface area (Å²) >= 11 is 0. The summed E-state index contributed by atoms with van der Waals surface area (Å²) in [5, 5.41) is 4.48. The molecule has 0 amide bonds. The Bertz CT molecular complexity index is 3190. The second-order valence-electron chi connectivity index (χ2n) is 14.0. The van der Waals surface area contributed by atoms with Crippen molar-refractivity contribution in [2.75, 3.05) is 0 Å². The number of para-hydroxylation sites is 2. The second kappa shape index (κ2) is 13.0. The first kappa shape index (κ1) is 31.9. The van der Waals surface area contributed by atoms with Gasteiger partial charge < -0.3 is 8.98 Å². The lowest BCUT2D eigenvalue weighted by molar-refractivity contribution is 0.670. The zero-order chi connectivity index (χ0) is 37.0. The molecule has 0 fully saturated rings. The van der Waals surface area contributed by atoms with E-state index in [0.29, 0.717) is 17.5 Å².